The summed E-state index contributed by atoms with van der Waals surface area (Å²) in [5.74, 6) is 0.190. The molecule has 2 aromatic carbocycles. The van der Waals surface area contributed by atoms with Gasteiger partial charge in [0.05, 0.1) is 6.04 Å². The van der Waals surface area contributed by atoms with Crippen molar-refractivity contribution in [2.24, 2.45) is 11.7 Å². The third kappa shape index (κ3) is 6.08. The van der Waals surface area contributed by atoms with Crippen LogP contribution in [0.5, 0.6) is 0 Å². The van der Waals surface area contributed by atoms with Gasteiger partial charge in [-0.1, -0.05) is 42.5 Å². The van der Waals surface area contributed by atoms with E-state index in [1.807, 2.05) is 61.5 Å². The molecule has 0 spiro atoms. The van der Waals surface area contributed by atoms with Crippen molar-refractivity contribution < 1.29 is 9.59 Å². The highest BCUT2D eigenvalue weighted by atomic mass is 35.5. The Morgan fingerprint density at radius 2 is 1.67 bits per heavy atom. The normalized spacial score (nSPS) is 15.2. The van der Waals surface area contributed by atoms with Crippen LogP contribution in [0.3, 0.4) is 0 Å². The van der Waals surface area contributed by atoms with Crippen molar-refractivity contribution in [1.82, 2.24) is 5.32 Å². The molecule has 1 saturated carbocycles. The van der Waals surface area contributed by atoms with E-state index in [1.165, 1.54) is 0 Å². The fourth-order valence-electron chi connectivity index (χ4n) is 2.85. The van der Waals surface area contributed by atoms with Crippen molar-refractivity contribution in [3.05, 3.63) is 65.7 Å². The number of nitrogens with one attached hydrogen (secondary N) is 2. The summed E-state index contributed by atoms with van der Waals surface area (Å²) in [5, 5.41) is 5.89. The minimum absolute atomic E-state index is 0. The molecular formula is C21H26ClN3O2. The molecule has 0 bridgehead atoms. The molecule has 0 heterocycles. The molecule has 144 valence electrons. The van der Waals surface area contributed by atoms with Gasteiger partial charge in [-0.25, -0.2) is 0 Å². The quantitative estimate of drug-likeness (QED) is 0.676. The second-order valence-corrected chi connectivity index (χ2v) is 6.90. The number of amides is 2. The number of benzene rings is 2. The molecule has 2 unspecified atom stereocenters. The number of carbonyl (C=O) groups is 2. The first-order chi connectivity index (χ1) is 12.5. The smallest absolute Gasteiger partial charge is 0.227 e. The monoisotopic (exact) mass is 387 g/mol. The van der Waals surface area contributed by atoms with Crippen molar-refractivity contribution >= 4 is 29.9 Å². The van der Waals surface area contributed by atoms with Crippen LogP contribution in [-0.2, 0) is 9.59 Å². The molecule has 0 aliphatic heterocycles. The van der Waals surface area contributed by atoms with Crippen LogP contribution in [0, 0.1) is 5.92 Å². The first-order valence-corrected chi connectivity index (χ1v) is 9.03. The van der Waals surface area contributed by atoms with E-state index in [9.17, 15) is 9.59 Å². The average molecular weight is 388 g/mol. The lowest BCUT2D eigenvalue weighted by atomic mass is 10.0. The summed E-state index contributed by atoms with van der Waals surface area (Å²) in [6, 6.07) is 16.7. The molecule has 1 aliphatic rings. The Morgan fingerprint density at radius 3 is 2.26 bits per heavy atom. The van der Waals surface area contributed by atoms with Gasteiger partial charge in [0.15, 0.2) is 0 Å². The zero-order chi connectivity index (χ0) is 18.5. The summed E-state index contributed by atoms with van der Waals surface area (Å²) in [4.78, 5) is 24.0. The molecule has 2 aromatic rings. The molecule has 2 atom stereocenters. The van der Waals surface area contributed by atoms with Crippen molar-refractivity contribution in [3.63, 3.8) is 0 Å². The lowest BCUT2D eigenvalue weighted by Gasteiger charge is -2.17. The lowest BCUT2D eigenvalue weighted by Crippen LogP contribution is -2.29. The van der Waals surface area contributed by atoms with Crippen molar-refractivity contribution in [3.8, 4) is 0 Å². The minimum Gasteiger partial charge on any atom is -0.350 e. The molecular weight excluding hydrogens is 362 g/mol. The SMILES string of the molecule is CC(NC(=O)CC(N)c1ccccc1)c1ccc(NC(=O)C2CC2)cc1.Cl. The molecule has 0 aromatic heterocycles. The Balaban J connectivity index is 0.00000261. The Kier molecular flexibility index (Phi) is 7.39. The van der Waals surface area contributed by atoms with Gasteiger partial charge in [0.2, 0.25) is 11.8 Å². The summed E-state index contributed by atoms with van der Waals surface area (Å²) in [7, 11) is 0. The summed E-state index contributed by atoms with van der Waals surface area (Å²) in [6.45, 7) is 1.93. The Labute approximate surface area is 166 Å². The van der Waals surface area contributed by atoms with Crippen LogP contribution in [-0.4, -0.2) is 11.8 Å². The van der Waals surface area contributed by atoms with Gasteiger partial charge >= 0.3 is 0 Å². The standard InChI is InChI=1S/C21H25N3O2.ClH/c1-14(23-20(25)13-19(22)16-5-3-2-4-6-16)15-9-11-18(12-10-15)24-21(26)17-7-8-17;/h2-6,9-12,14,17,19H,7-8,13,22H2,1H3,(H,23,25)(H,24,26);1H. The maximum absolute atomic E-state index is 12.3. The second kappa shape index (κ2) is 9.53. The van der Waals surface area contributed by atoms with Gasteiger partial charge in [0.25, 0.3) is 0 Å². The number of hydrogen-bond acceptors (Lipinski definition) is 3. The fraction of sp³-hybridized carbons (Fsp3) is 0.333. The molecule has 2 amide bonds. The van der Waals surface area contributed by atoms with Crippen LogP contribution < -0.4 is 16.4 Å². The summed E-state index contributed by atoms with van der Waals surface area (Å²) in [6.07, 6.45) is 2.21. The second-order valence-electron chi connectivity index (χ2n) is 6.90. The van der Waals surface area contributed by atoms with E-state index in [0.717, 1.165) is 29.7 Å². The van der Waals surface area contributed by atoms with E-state index in [2.05, 4.69) is 10.6 Å². The van der Waals surface area contributed by atoms with E-state index in [-0.39, 0.29) is 48.6 Å². The first-order valence-electron chi connectivity index (χ1n) is 9.03. The molecule has 27 heavy (non-hydrogen) atoms. The topological polar surface area (TPSA) is 84.2 Å². The van der Waals surface area contributed by atoms with Gasteiger partial charge in [-0.05, 0) is 43.0 Å². The van der Waals surface area contributed by atoms with Crippen LogP contribution in [0.1, 0.15) is 49.4 Å². The summed E-state index contributed by atoms with van der Waals surface area (Å²) < 4.78 is 0. The molecule has 1 fully saturated rings. The molecule has 0 radical (unpaired) electrons. The predicted molar refractivity (Wildman–Crippen MR) is 110 cm³/mol. The zero-order valence-electron chi connectivity index (χ0n) is 15.4. The van der Waals surface area contributed by atoms with E-state index in [0.29, 0.717) is 0 Å². The molecule has 4 N–H and O–H groups in total. The third-order valence-electron chi connectivity index (χ3n) is 4.64. The van der Waals surface area contributed by atoms with Crippen molar-refractivity contribution in [2.45, 2.75) is 38.3 Å². The van der Waals surface area contributed by atoms with Crippen molar-refractivity contribution in [2.75, 3.05) is 5.32 Å². The Morgan fingerprint density at radius 1 is 1.04 bits per heavy atom. The lowest BCUT2D eigenvalue weighted by molar-refractivity contribution is -0.122. The van der Waals surface area contributed by atoms with Crippen LogP contribution in [0.25, 0.3) is 0 Å². The zero-order valence-corrected chi connectivity index (χ0v) is 16.2. The molecule has 0 saturated heterocycles. The van der Waals surface area contributed by atoms with Crippen LogP contribution in [0.15, 0.2) is 54.6 Å². The maximum atomic E-state index is 12.3. The van der Waals surface area contributed by atoms with Gasteiger partial charge in [0, 0.05) is 24.1 Å². The number of halogens is 1. The molecule has 1 aliphatic carbocycles. The summed E-state index contributed by atoms with van der Waals surface area (Å²) in [5.41, 5.74) is 8.82. The molecule has 6 heteroatoms. The average Bonchev–Trinajstić information content (AvgIpc) is 3.48. The predicted octanol–water partition coefficient (Wildman–Crippen LogP) is 3.72. The molecule has 3 rings (SSSR count). The first kappa shape index (κ1) is 20.9. The molecule has 5 nitrogen and oxygen atoms in total. The number of anilines is 1. The van der Waals surface area contributed by atoms with E-state index < -0.39 is 0 Å². The van der Waals surface area contributed by atoms with E-state index in [4.69, 9.17) is 5.73 Å². The van der Waals surface area contributed by atoms with Crippen LogP contribution >= 0.6 is 12.4 Å². The number of carbonyl (C=O) groups excluding carboxylic acids is 2. The van der Waals surface area contributed by atoms with Gasteiger partial charge in [-0.3, -0.25) is 9.59 Å². The highest BCUT2D eigenvalue weighted by Gasteiger charge is 2.29. The van der Waals surface area contributed by atoms with Gasteiger partial charge < -0.3 is 16.4 Å². The minimum atomic E-state index is -0.316. The largest absolute Gasteiger partial charge is 0.350 e. The number of rotatable bonds is 7. The Bertz CT molecular complexity index is 761. The maximum Gasteiger partial charge on any atom is 0.227 e. The summed E-state index contributed by atoms with van der Waals surface area (Å²) >= 11 is 0. The van der Waals surface area contributed by atoms with Crippen LogP contribution in [0.2, 0.25) is 0 Å². The van der Waals surface area contributed by atoms with E-state index >= 15 is 0 Å². The third-order valence-corrected chi connectivity index (χ3v) is 4.64. The van der Waals surface area contributed by atoms with E-state index in [1.54, 1.807) is 0 Å². The fourth-order valence-corrected chi connectivity index (χ4v) is 2.85. The highest BCUT2D eigenvalue weighted by molar-refractivity contribution is 5.94. The number of hydrogen-bond donors (Lipinski definition) is 3. The van der Waals surface area contributed by atoms with Crippen LogP contribution in [0.4, 0.5) is 5.69 Å². The number of nitrogens with two attached hydrogens (primary N) is 1. The Hall–Kier alpha value is -2.37. The highest BCUT2D eigenvalue weighted by Crippen LogP contribution is 2.30. The van der Waals surface area contributed by atoms with Gasteiger partial charge in [-0.15, -0.1) is 12.4 Å². The van der Waals surface area contributed by atoms with Gasteiger partial charge in [-0.2, -0.15) is 0 Å². The van der Waals surface area contributed by atoms with Crippen molar-refractivity contribution in [1.29, 1.82) is 0 Å². The van der Waals surface area contributed by atoms with Gasteiger partial charge in [0.1, 0.15) is 0 Å².